The molecule has 0 spiro atoms. The average Bonchev–Trinajstić information content (AvgIpc) is 2.35. The summed E-state index contributed by atoms with van der Waals surface area (Å²) in [5.74, 6) is -1.87. The summed E-state index contributed by atoms with van der Waals surface area (Å²) in [6.07, 6.45) is 0.225. The zero-order chi connectivity index (χ0) is 14.8. The van der Waals surface area contributed by atoms with Crippen LogP contribution < -0.4 is 10.0 Å². The molecule has 1 fully saturated rings. The maximum absolute atomic E-state index is 12.7. The molecule has 8 heteroatoms. The summed E-state index contributed by atoms with van der Waals surface area (Å²) < 4.78 is 38.8. The van der Waals surface area contributed by atoms with Crippen LogP contribution >= 0.6 is 0 Å². The summed E-state index contributed by atoms with van der Waals surface area (Å²) in [6, 6.07) is 4.10. The van der Waals surface area contributed by atoms with Crippen molar-refractivity contribution in [1.29, 1.82) is 0 Å². The molecule has 2 amide bonds. The first-order valence-electron chi connectivity index (χ1n) is 5.94. The Morgan fingerprint density at radius 2 is 1.90 bits per heavy atom. The molecule has 0 aromatic heterocycles. The second-order valence-corrected chi connectivity index (χ2v) is 6.26. The molecular formula is C12H13FN2O4S. The van der Waals surface area contributed by atoms with Crippen molar-refractivity contribution in [2.75, 3.05) is 0 Å². The third-order valence-corrected chi connectivity index (χ3v) is 4.19. The Kier molecular flexibility index (Phi) is 4.15. The summed E-state index contributed by atoms with van der Waals surface area (Å²) in [5, 5.41) is 2.07. The SMILES string of the molecule is O=C1CCC(NS(=O)(=O)Cc2ccc(F)cc2)C(=O)N1. The van der Waals surface area contributed by atoms with Gasteiger partial charge in [0.15, 0.2) is 0 Å². The molecule has 6 nitrogen and oxygen atoms in total. The Labute approximate surface area is 115 Å². The van der Waals surface area contributed by atoms with E-state index < -0.39 is 33.7 Å². The van der Waals surface area contributed by atoms with Gasteiger partial charge in [0.25, 0.3) is 0 Å². The molecule has 2 rings (SSSR count). The van der Waals surface area contributed by atoms with Crippen LogP contribution in [0.3, 0.4) is 0 Å². The smallest absolute Gasteiger partial charge is 0.244 e. The monoisotopic (exact) mass is 300 g/mol. The van der Waals surface area contributed by atoms with Crippen LogP contribution in [-0.2, 0) is 25.4 Å². The van der Waals surface area contributed by atoms with Gasteiger partial charge in [-0.25, -0.2) is 17.5 Å². The number of carbonyl (C=O) groups is 2. The molecule has 0 bridgehead atoms. The molecule has 2 N–H and O–H groups in total. The maximum atomic E-state index is 12.7. The number of nitrogens with one attached hydrogen (secondary N) is 2. The minimum Gasteiger partial charge on any atom is -0.295 e. The van der Waals surface area contributed by atoms with Gasteiger partial charge in [0, 0.05) is 6.42 Å². The van der Waals surface area contributed by atoms with Crippen molar-refractivity contribution in [2.24, 2.45) is 0 Å². The van der Waals surface area contributed by atoms with E-state index in [2.05, 4.69) is 10.0 Å². The topological polar surface area (TPSA) is 92.3 Å². The molecule has 108 valence electrons. The van der Waals surface area contributed by atoms with Crippen molar-refractivity contribution < 1.29 is 22.4 Å². The summed E-state index contributed by atoms with van der Waals surface area (Å²) >= 11 is 0. The highest BCUT2D eigenvalue weighted by molar-refractivity contribution is 7.88. The highest BCUT2D eigenvalue weighted by Crippen LogP contribution is 2.10. The van der Waals surface area contributed by atoms with Crippen molar-refractivity contribution in [3.05, 3.63) is 35.6 Å². The highest BCUT2D eigenvalue weighted by atomic mass is 32.2. The normalized spacial score (nSPS) is 19.8. The number of rotatable bonds is 4. The van der Waals surface area contributed by atoms with Gasteiger partial charge >= 0.3 is 0 Å². The number of hydrogen-bond donors (Lipinski definition) is 2. The second-order valence-electron chi connectivity index (χ2n) is 4.51. The van der Waals surface area contributed by atoms with Crippen molar-refractivity contribution in [1.82, 2.24) is 10.0 Å². The molecule has 0 aliphatic carbocycles. The zero-order valence-electron chi connectivity index (χ0n) is 10.4. The first-order valence-corrected chi connectivity index (χ1v) is 7.59. The van der Waals surface area contributed by atoms with Crippen LogP contribution in [0.2, 0.25) is 0 Å². The molecule has 0 radical (unpaired) electrons. The molecule has 1 unspecified atom stereocenters. The third-order valence-electron chi connectivity index (χ3n) is 2.83. The lowest BCUT2D eigenvalue weighted by atomic mass is 10.1. The lowest BCUT2D eigenvalue weighted by molar-refractivity contribution is -0.134. The van der Waals surface area contributed by atoms with Gasteiger partial charge in [-0.1, -0.05) is 12.1 Å². The van der Waals surface area contributed by atoms with E-state index in [1.165, 1.54) is 12.1 Å². The van der Waals surface area contributed by atoms with E-state index in [-0.39, 0.29) is 18.6 Å². The predicted molar refractivity (Wildman–Crippen MR) is 68.3 cm³/mol. The van der Waals surface area contributed by atoms with Crippen LogP contribution in [0.15, 0.2) is 24.3 Å². The molecule has 1 heterocycles. The van der Waals surface area contributed by atoms with Gasteiger partial charge in [-0.2, -0.15) is 0 Å². The minimum absolute atomic E-state index is 0.0927. The molecule has 0 saturated carbocycles. The fraction of sp³-hybridized carbons (Fsp3) is 0.333. The fourth-order valence-electron chi connectivity index (χ4n) is 1.86. The molecule has 1 aliphatic rings. The lowest BCUT2D eigenvalue weighted by Crippen LogP contribution is -2.52. The van der Waals surface area contributed by atoms with Crippen molar-refractivity contribution >= 4 is 21.8 Å². The van der Waals surface area contributed by atoms with Gasteiger partial charge in [0.1, 0.15) is 11.9 Å². The van der Waals surface area contributed by atoms with Gasteiger partial charge in [-0.3, -0.25) is 14.9 Å². The molecule has 1 aliphatic heterocycles. The summed E-state index contributed by atoms with van der Waals surface area (Å²) in [5.41, 5.74) is 0.409. The van der Waals surface area contributed by atoms with E-state index in [0.29, 0.717) is 5.56 Å². The summed E-state index contributed by atoms with van der Waals surface area (Å²) in [7, 11) is -3.74. The van der Waals surface area contributed by atoms with Gasteiger partial charge < -0.3 is 0 Å². The number of imide groups is 1. The molecule has 1 saturated heterocycles. The van der Waals surface area contributed by atoms with Crippen LogP contribution in [0, 0.1) is 5.82 Å². The van der Waals surface area contributed by atoms with E-state index in [1.807, 2.05) is 0 Å². The van der Waals surface area contributed by atoms with Crippen LogP contribution in [0.1, 0.15) is 18.4 Å². The number of hydrogen-bond acceptors (Lipinski definition) is 4. The highest BCUT2D eigenvalue weighted by Gasteiger charge is 2.30. The number of carbonyl (C=O) groups excluding carboxylic acids is 2. The summed E-state index contributed by atoms with van der Waals surface area (Å²) in [6.45, 7) is 0. The largest absolute Gasteiger partial charge is 0.295 e. The first-order chi connectivity index (χ1) is 9.35. The number of sulfonamides is 1. The molecule has 1 aromatic rings. The molecule has 1 aromatic carbocycles. The van der Waals surface area contributed by atoms with Crippen LogP contribution in [0.5, 0.6) is 0 Å². The van der Waals surface area contributed by atoms with Gasteiger partial charge in [0.2, 0.25) is 21.8 Å². The van der Waals surface area contributed by atoms with Crippen LogP contribution in [0.25, 0.3) is 0 Å². The van der Waals surface area contributed by atoms with E-state index in [4.69, 9.17) is 0 Å². The number of amides is 2. The standard InChI is InChI=1S/C12H13FN2O4S/c13-9-3-1-8(2-4-9)7-20(18,19)15-10-5-6-11(16)14-12(10)17/h1-4,10,15H,5-7H2,(H,14,16,17). The fourth-order valence-corrected chi connectivity index (χ4v) is 3.24. The molecule has 20 heavy (non-hydrogen) atoms. The number of halogens is 1. The van der Waals surface area contributed by atoms with Crippen molar-refractivity contribution in [3.8, 4) is 0 Å². The Morgan fingerprint density at radius 3 is 2.50 bits per heavy atom. The van der Waals surface area contributed by atoms with Crippen molar-refractivity contribution in [3.63, 3.8) is 0 Å². The van der Waals surface area contributed by atoms with E-state index >= 15 is 0 Å². The van der Waals surface area contributed by atoms with E-state index in [9.17, 15) is 22.4 Å². The Hall–Kier alpha value is -1.80. The lowest BCUT2D eigenvalue weighted by Gasteiger charge is -2.21. The van der Waals surface area contributed by atoms with Gasteiger partial charge in [-0.05, 0) is 24.1 Å². The van der Waals surface area contributed by atoms with Crippen LogP contribution in [-0.4, -0.2) is 26.3 Å². The van der Waals surface area contributed by atoms with Gasteiger partial charge in [0.05, 0.1) is 5.75 Å². The number of benzene rings is 1. The van der Waals surface area contributed by atoms with E-state index in [1.54, 1.807) is 0 Å². The Balaban J connectivity index is 2.02. The summed E-state index contributed by atoms with van der Waals surface area (Å²) in [4.78, 5) is 22.4. The van der Waals surface area contributed by atoms with Crippen molar-refractivity contribution in [2.45, 2.75) is 24.6 Å². The third kappa shape index (κ3) is 3.84. The maximum Gasteiger partial charge on any atom is 0.244 e. The Bertz CT molecular complexity index is 627. The second kappa shape index (κ2) is 5.68. The van der Waals surface area contributed by atoms with E-state index in [0.717, 1.165) is 12.1 Å². The molecular weight excluding hydrogens is 287 g/mol. The first kappa shape index (κ1) is 14.6. The Morgan fingerprint density at radius 1 is 1.25 bits per heavy atom. The average molecular weight is 300 g/mol. The van der Waals surface area contributed by atoms with Crippen LogP contribution in [0.4, 0.5) is 4.39 Å². The zero-order valence-corrected chi connectivity index (χ0v) is 11.2. The van der Waals surface area contributed by atoms with Gasteiger partial charge in [-0.15, -0.1) is 0 Å². The predicted octanol–water partition coefficient (Wildman–Crippen LogP) is 0.0503. The minimum atomic E-state index is -3.74. The quantitative estimate of drug-likeness (QED) is 0.769. The number of piperidine rings is 1. The molecule has 1 atom stereocenters.